The van der Waals surface area contributed by atoms with Crippen molar-refractivity contribution in [3.63, 3.8) is 0 Å². The largest absolute Gasteiger partial charge is 0.479 e. The van der Waals surface area contributed by atoms with Gasteiger partial charge in [-0.25, -0.2) is 4.79 Å². The third kappa shape index (κ3) is 6.65. The zero-order chi connectivity index (χ0) is 30.2. The number of carboxylic acid groups (broad SMARTS) is 1. The summed E-state index contributed by atoms with van der Waals surface area (Å²) in [5.41, 5.74) is 8.61. The Labute approximate surface area is 250 Å². The van der Waals surface area contributed by atoms with E-state index in [1.54, 1.807) is 6.20 Å². The number of fused-ring (bicyclic) bond motifs is 1. The molecule has 0 aliphatic carbocycles. The highest BCUT2D eigenvalue weighted by atomic mass is 16.5. The van der Waals surface area contributed by atoms with Crippen molar-refractivity contribution in [2.45, 2.75) is 92.5 Å². The highest BCUT2D eigenvalue weighted by Crippen LogP contribution is 2.45. The summed E-state index contributed by atoms with van der Waals surface area (Å²) in [6, 6.07) is 10.7. The van der Waals surface area contributed by atoms with E-state index in [9.17, 15) is 9.90 Å². The first-order valence-corrected chi connectivity index (χ1v) is 15.1. The van der Waals surface area contributed by atoms with Gasteiger partial charge in [0.15, 0.2) is 6.10 Å². The Kier molecular flexibility index (Phi) is 8.41. The Balaban J connectivity index is 1.58. The van der Waals surface area contributed by atoms with Crippen LogP contribution < -0.4 is 4.90 Å². The Morgan fingerprint density at radius 1 is 1.07 bits per heavy atom. The zero-order valence-corrected chi connectivity index (χ0v) is 26.2. The number of aryl methyl sites for hydroxylation is 2. The molecule has 1 fully saturated rings. The van der Waals surface area contributed by atoms with Crippen molar-refractivity contribution in [3.8, 4) is 11.1 Å². The van der Waals surface area contributed by atoms with E-state index in [4.69, 9.17) is 9.72 Å². The molecular formula is C34H45N5O3. The summed E-state index contributed by atoms with van der Waals surface area (Å²) < 4.78 is 6.24. The van der Waals surface area contributed by atoms with Crippen LogP contribution in [0.4, 0.5) is 5.69 Å². The molecule has 0 spiro atoms. The lowest BCUT2D eigenvalue weighted by Crippen LogP contribution is -2.39. The van der Waals surface area contributed by atoms with Gasteiger partial charge in [-0.1, -0.05) is 32.0 Å². The van der Waals surface area contributed by atoms with Gasteiger partial charge in [0.2, 0.25) is 0 Å². The first-order chi connectivity index (χ1) is 19.8. The second-order valence-electron chi connectivity index (χ2n) is 13.7. The molecule has 0 unspecified atom stereocenters. The molecule has 0 saturated carbocycles. The number of carboxylic acids is 1. The predicted octanol–water partition coefficient (Wildman–Crippen LogP) is 6.28. The number of hydrogen-bond donors (Lipinski definition) is 1. The Hall–Kier alpha value is -3.36. The van der Waals surface area contributed by atoms with E-state index < -0.39 is 17.7 Å². The fraction of sp³-hybridized carbons (Fsp3) is 0.529. The van der Waals surface area contributed by atoms with Gasteiger partial charge >= 0.3 is 5.97 Å². The molecule has 0 radical (unpaired) electrons. The molecule has 1 atom stereocenters. The first kappa shape index (κ1) is 30.1. The van der Waals surface area contributed by atoms with Gasteiger partial charge in [-0.15, -0.1) is 0 Å². The number of anilines is 1. The summed E-state index contributed by atoms with van der Waals surface area (Å²) in [7, 11) is 0. The van der Waals surface area contributed by atoms with Gasteiger partial charge in [-0.2, -0.15) is 10.2 Å². The predicted molar refractivity (Wildman–Crippen MR) is 165 cm³/mol. The van der Waals surface area contributed by atoms with Gasteiger partial charge in [-0.05, 0) is 88.1 Å². The third-order valence-electron chi connectivity index (χ3n) is 8.57. The van der Waals surface area contributed by atoms with E-state index in [1.807, 2.05) is 46.8 Å². The lowest BCUT2D eigenvalue weighted by molar-refractivity contribution is -0.160. The average molecular weight is 572 g/mol. The minimum atomic E-state index is -1.12. The monoisotopic (exact) mass is 571 g/mol. The number of ether oxygens (including phenoxy) is 1. The molecule has 8 heteroatoms. The Morgan fingerprint density at radius 2 is 1.81 bits per heavy atom. The van der Waals surface area contributed by atoms with E-state index in [-0.39, 0.29) is 5.41 Å². The number of aliphatic carboxylic acids is 1. The van der Waals surface area contributed by atoms with Crippen LogP contribution in [0.25, 0.3) is 11.1 Å². The average Bonchev–Trinajstić information content (AvgIpc) is 2.91. The number of benzene rings is 1. The number of pyridine rings is 1. The van der Waals surface area contributed by atoms with Crippen LogP contribution in [0.3, 0.4) is 0 Å². The molecule has 2 aromatic heterocycles. The molecule has 2 aliphatic heterocycles. The summed E-state index contributed by atoms with van der Waals surface area (Å²) in [6.45, 7) is 18.6. The molecule has 42 heavy (non-hydrogen) atoms. The molecule has 1 saturated heterocycles. The van der Waals surface area contributed by atoms with Gasteiger partial charge in [0.05, 0.1) is 17.0 Å². The number of hydrogen-bond acceptors (Lipinski definition) is 7. The number of carbonyl (C=O) groups is 1. The first-order valence-electron chi connectivity index (χ1n) is 15.1. The van der Waals surface area contributed by atoms with Crippen molar-refractivity contribution in [1.82, 2.24) is 20.1 Å². The van der Waals surface area contributed by atoms with E-state index in [2.05, 4.69) is 52.0 Å². The minimum Gasteiger partial charge on any atom is -0.479 e. The fourth-order valence-electron chi connectivity index (χ4n) is 6.30. The standard InChI is InChI=1S/C34H45N5O3/c1-22-28(25-10-11-26-20-38(16-12-24(26)19-25)21-27-9-8-15-35-37-27)30(39-17-13-34(6,7)14-18-39)29(23(2)36-22)31(32(40)41)42-33(3,4)5/h8-11,15,19,31H,12-14,16-18,20-21H2,1-7H3,(H,40,41)/t31-/m0/s1. The Bertz CT molecular complexity index is 1440. The second-order valence-corrected chi connectivity index (χ2v) is 13.7. The van der Waals surface area contributed by atoms with Crippen LogP contribution in [0.15, 0.2) is 36.5 Å². The van der Waals surface area contributed by atoms with E-state index in [0.717, 1.165) is 80.2 Å². The maximum atomic E-state index is 12.8. The maximum Gasteiger partial charge on any atom is 0.337 e. The van der Waals surface area contributed by atoms with Gasteiger partial charge in [0, 0.05) is 61.4 Å². The highest BCUT2D eigenvalue weighted by Gasteiger charge is 2.36. The van der Waals surface area contributed by atoms with Gasteiger partial charge in [0.1, 0.15) is 0 Å². The minimum absolute atomic E-state index is 0.255. The molecule has 4 heterocycles. The van der Waals surface area contributed by atoms with Crippen LogP contribution in [0.2, 0.25) is 0 Å². The summed E-state index contributed by atoms with van der Waals surface area (Å²) >= 11 is 0. The smallest absolute Gasteiger partial charge is 0.337 e. The molecule has 8 nitrogen and oxygen atoms in total. The molecule has 0 bridgehead atoms. The molecular weight excluding hydrogens is 526 g/mol. The molecule has 224 valence electrons. The lowest BCUT2D eigenvalue weighted by Gasteiger charge is -2.41. The topological polar surface area (TPSA) is 91.7 Å². The molecule has 0 amide bonds. The van der Waals surface area contributed by atoms with Crippen LogP contribution in [0.1, 0.15) is 87.3 Å². The number of nitrogens with zero attached hydrogens (tertiary/aromatic N) is 5. The third-order valence-corrected chi connectivity index (χ3v) is 8.57. The van der Waals surface area contributed by atoms with Crippen LogP contribution >= 0.6 is 0 Å². The normalized spacial score (nSPS) is 18.0. The molecule has 5 rings (SSSR count). The fourth-order valence-corrected chi connectivity index (χ4v) is 6.30. The van der Waals surface area contributed by atoms with Crippen LogP contribution in [-0.4, -0.2) is 56.4 Å². The molecule has 2 aliphatic rings. The quantitative estimate of drug-likeness (QED) is 0.354. The molecule has 1 N–H and O–H groups in total. The maximum absolute atomic E-state index is 12.8. The van der Waals surface area contributed by atoms with Crippen molar-refractivity contribution in [2.24, 2.45) is 5.41 Å². The molecule has 1 aromatic carbocycles. The summed E-state index contributed by atoms with van der Waals surface area (Å²) in [4.78, 5) is 22.5. The van der Waals surface area contributed by atoms with Crippen molar-refractivity contribution in [3.05, 3.63) is 70.3 Å². The van der Waals surface area contributed by atoms with Gasteiger partial charge < -0.3 is 14.7 Å². The van der Waals surface area contributed by atoms with Crippen LogP contribution in [-0.2, 0) is 29.0 Å². The summed E-state index contributed by atoms with van der Waals surface area (Å²) in [5.74, 6) is -0.989. The highest BCUT2D eigenvalue weighted by molar-refractivity contribution is 5.88. The van der Waals surface area contributed by atoms with Crippen molar-refractivity contribution < 1.29 is 14.6 Å². The number of rotatable bonds is 7. The van der Waals surface area contributed by atoms with E-state index in [0.29, 0.717) is 11.3 Å². The van der Waals surface area contributed by atoms with Gasteiger partial charge in [0.25, 0.3) is 0 Å². The van der Waals surface area contributed by atoms with Crippen molar-refractivity contribution in [1.29, 1.82) is 0 Å². The van der Waals surface area contributed by atoms with E-state index >= 15 is 0 Å². The number of piperidine rings is 1. The van der Waals surface area contributed by atoms with Crippen LogP contribution in [0.5, 0.6) is 0 Å². The second kappa shape index (κ2) is 11.7. The van der Waals surface area contributed by atoms with Gasteiger partial charge in [-0.3, -0.25) is 9.88 Å². The van der Waals surface area contributed by atoms with Crippen molar-refractivity contribution >= 4 is 11.7 Å². The zero-order valence-electron chi connectivity index (χ0n) is 26.2. The van der Waals surface area contributed by atoms with E-state index in [1.165, 1.54) is 11.1 Å². The molecule has 3 aromatic rings. The van der Waals surface area contributed by atoms with Crippen LogP contribution in [0, 0.1) is 19.3 Å². The number of aromatic nitrogens is 3. The lowest BCUT2D eigenvalue weighted by atomic mass is 9.81. The van der Waals surface area contributed by atoms with Crippen molar-refractivity contribution in [2.75, 3.05) is 24.5 Å². The SMILES string of the molecule is Cc1nc(C)c([C@H](OC(C)(C)C)C(=O)O)c(N2CCC(C)(C)CC2)c1-c1ccc2c(c1)CCN(Cc1cccnn1)C2. The summed E-state index contributed by atoms with van der Waals surface area (Å²) in [5, 5.41) is 18.7. The Morgan fingerprint density at radius 3 is 2.45 bits per heavy atom. The summed E-state index contributed by atoms with van der Waals surface area (Å²) in [6.07, 6.45) is 3.60.